The van der Waals surface area contributed by atoms with E-state index in [1.807, 2.05) is 13.8 Å². The Labute approximate surface area is 120 Å². The smallest absolute Gasteiger partial charge is 0.263 e. The molecule has 0 aromatic heterocycles. The quantitative estimate of drug-likeness (QED) is 0.917. The third-order valence-electron chi connectivity index (χ3n) is 4.02. The van der Waals surface area contributed by atoms with Gasteiger partial charge < -0.3 is 10.0 Å². The van der Waals surface area contributed by atoms with E-state index in [0.717, 1.165) is 31.5 Å². The summed E-state index contributed by atoms with van der Waals surface area (Å²) >= 11 is 0. The molecule has 0 aliphatic carbocycles. The van der Waals surface area contributed by atoms with Crippen LogP contribution in [-0.4, -0.2) is 36.8 Å². The second-order valence-corrected chi connectivity index (χ2v) is 5.16. The predicted molar refractivity (Wildman–Crippen MR) is 78.2 cm³/mol. The number of nitrogens with zero attached hydrogens (tertiary/aromatic N) is 1. The van der Waals surface area contributed by atoms with Crippen molar-refractivity contribution in [2.45, 2.75) is 38.5 Å². The Balaban J connectivity index is 0.000000956. The minimum atomic E-state index is -2.43. The molecule has 1 heterocycles. The van der Waals surface area contributed by atoms with Gasteiger partial charge in [0, 0.05) is 11.0 Å². The summed E-state index contributed by atoms with van der Waals surface area (Å²) in [5.74, 6) is 0. The van der Waals surface area contributed by atoms with Gasteiger partial charge in [0.05, 0.1) is 6.61 Å². The lowest BCUT2D eigenvalue weighted by atomic mass is 9.73. The van der Waals surface area contributed by atoms with Crippen LogP contribution in [0.15, 0.2) is 24.3 Å². The van der Waals surface area contributed by atoms with Crippen molar-refractivity contribution in [3.05, 3.63) is 35.4 Å². The van der Waals surface area contributed by atoms with Gasteiger partial charge in [-0.2, -0.15) is 0 Å². The number of aliphatic hydroxyl groups excluding tert-OH is 1. The molecule has 114 valence electrons. The van der Waals surface area contributed by atoms with Gasteiger partial charge in [0.15, 0.2) is 0 Å². The summed E-state index contributed by atoms with van der Waals surface area (Å²) in [7, 11) is 2.06. The fourth-order valence-corrected chi connectivity index (χ4v) is 2.57. The molecule has 0 amide bonds. The highest BCUT2D eigenvalue weighted by Crippen LogP contribution is 2.35. The fourth-order valence-electron chi connectivity index (χ4n) is 2.57. The van der Waals surface area contributed by atoms with Gasteiger partial charge in [-0.3, -0.25) is 0 Å². The Bertz CT molecular complexity index is 384. The lowest BCUT2D eigenvalue weighted by Crippen LogP contribution is -2.43. The zero-order chi connectivity index (χ0) is 15.2. The van der Waals surface area contributed by atoms with Crippen LogP contribution >= 0.6 is 0 Å². The topological polar surface area (TPSA) is 23.5 Å². The maximum Gasteiger partial charge on any atom is 0.263 e. The van der Waals surface area contributed by atoms with Crippen molar-refractivity contribution in [3.63, 3.8) is 0 Å². The molecule has 4 heteroatoms. The monoisotopic (exact) mass is 285 g/mol. The maximum atomic E-state index is 12.5. The Kier molecular flexibility index (Phi) is 6.56. The molecule has 1 aromatic rings. The molecule has 1 fully saturated rings. The standard InChI is InChI=1S/C14H19F2NO.C2H6/c1-17-8-6-14(10-18,7-9-17)12-4-2-11(3-5-12)13(15)16;1-2/h2-5,13,18H,6-10H2,1H3;1-2H3. The summed E-state index contributed by atoms with van der Waals surface area (Å²) in [6.45, 7) is 5.93. The van der Waals surface area contributed by atoms with E-state index in [1.165, 1.54) is 12.1 Å². The lowest BCUT2D eigenvalue weighted by molar-refractivity contribution is 0.114. The van der Waals surface area contributed by atoms with Crippen LogP contribution in [0.25, 0.3) is 0 Å². The van der Waals surface area contributed by atoms with Crippen LogP contribution in [0.4, 0.5) is 8.78 Å². The highest BCUT2D eigenvalue weighted by atomic mass is 19.3. The molecule has 20 heavy (non-hydrogen) atoms. The van der Waals surface area contributed by atoms with Gasteiger partial charge in [-0.1, -0.05) is 38.1 Å². The van der Waals surface area contributed by atoms with Crippen molar-refractivity contribution in [1.29, 1.82) is 0 Å². The van der Waals surface area contributed by atoms with Gasteiger partial charge in [0.2, 0.25) is 0 Å². The number of benzene rings is 1. The molecule has 1 aliphatic heterocycles. The van der Waals surface area contributed by atoms with E-state index in [9.17, 15) is 13.9 Å². The van der Waals surface area contributed by atoms with Crippen molar-refractivity contribution in [2.24, 2.45) is 0 Å². The number of likely N-dealkylation sites (tertiary alicyclic amines) is 1. The van der Waals surface area contributed by atoms with Crippen molar-refractivity contribution in [3.8, 4) is 0 Å². The average Bonchev–Trinajstić information content (AvgIpc) is 2.51. The first-order valence-electron chi connectivity index (χ1n) is 7.25. The molecule has 2 nitrogen and oxygen atoms in total. The Hall–Kier alpha value is -1.00. The first-order valence-corrected chi connectivity index (χ1v) is 7.25. The van der Waals surface area contributed by atoms with E-state index in [2.05, 4.69) is 11.9 Å². The number of aliphatic hydroxyl groups is 1. The predicted octanol–water partition coefficient (Wildman–Crippen LogP) is 3.61. The van der Waals surface area contributed by atoms with Gasteiger partial charge in [0.1, 0.15) is 0 Å². The van der Waals surface area contributed by atoms with Crippen molar-refractivity contribution < 1.29 is 13.9 Å². The number of piperidine rings is 1. The Morgan fingerprint density at radius 3 is 2.05 bits per heavy atom. The molecular weight excluding hydrogens is 260 g/mol. The molecule has 1 aliphatic rings. The second-order valence-electron chi connectivity index (χ2n) is 5.16. The zero-order valence-electron chi connectivity index (χ0n) is 12.6. The van der Waals surface area contributed by atoms with Crippen LogP contribution in [0, 0.1) is 0 Å². The van der Waals surface area contributed by atoms with E-state index >= 15 is 0 Å². The first kappa shape index (κ1) is 17.1. The molecule has 1 aromatic carbocycles. The molecule has 2 rings (SSSR count). The zero-order valence-corrected chi connectivity index (χ0v) is 12.6. The van der Waals surface area contributed by atoms with E-state index in [0.29, 0.717) is 0 Å². The highest BCUT2D eigenvalue weighted by Gasteiger charge is 2.34. The van der Waals surface area contributed by atoms with Crippen LogP contribution in [0.1, 0.15) is 44.2 Å². The van der Waals surface area contributed by atoms with Crippen LogP contribution in [-0.2, 0) is 5.41 Å². The lowest BCUT2D eigenvalue weighted by Gasteiger charge is -2.40. The second kappa shape index (κ2) is 7.70. The van der Waals surface area contributed by atoms with Gasteiger partial charge in [-0.25, -0.2) is 8.78 Å². The Morgan fingerprint density at radius 1 is 1.15 bits per heavy atom. The van der Waals surface area contributed by atoms with Crippen molar-refractivity contribution in [2.75, 3.05) is 26.7 Å². The number of alkyl halides is 2. The van der Waals surface area contributed by atoms with Crippen LogP contribution < -0.4 is 0 Å². The average molecular weight is 285 g/mol. The molecule has 0 bridgehead atoms. The third-order valence-corrected chi connectivity index (χ3v) is 4.02. The normalized spacial score (nSPS) is 18.6. The number of halogens is 2. The van der Waals surface area contributed by atoms with E-state index < -0.39 is 6.43 Å². The van der Waals surface area contributed by atoms with Crippen LogP contribution in [0.3, 0.4) is 0 Å². The van der Waals surface area contributed by atoms with E-state index in [1.54, 1.807) is 12.1 Å². The van der Waals surface area contributed by atoms with Crippen LogP contribution in [0.2, 0.25) is 0 Å². The van der Waals surface area contributed by atoms with Crippen molar-refractivity contribution >= 4 is 0 Å². The van der Waals surface area contributed by atoms with Gasteiger partial charge in [-0.05, 0) is 38.5 Å². The molecular formula is C16H25F2NO. The summed E-state index contributed by atoms with van der Waals surface area (Å²) in [6, 6.07) is 6.41. The molecule has 0 saturated carbocycles. The third kappa shape index (κ3) is 3.76. The molecule has 0 unspecified atom stereocenters. The van der Waals surface area contributed by atoms with E-state index in [4.69, 9.17) is 0 Å². The molecule has 1 saturated heterocycles. The summed E-state index contributed by atoms with van der Waals surface area (Å²) in [4.78, 5) is 2.22. The van der Waals surface area contributed by atoms with Crippen molar-refractivity contribution in [1.82, 2.24) is 4.90 Å². The SMILES string of the molecule is CC.CN1CCC(CO)(c2ccc(C(F)F)cc2)CC1. The fraction of sp³-hybridized carbons (Fsp3) is 0.625. The van der Waals surface area contributed by atoms with E-state index in [-0.39, 0.29) is 17.6 Å². The number of hydrogen-bond acceptors (Lipinski definition) is 2. The first-order chi connectivity index (χ1) is 9.57. The Morgan fingerprint density at radius 2 is 1.65 bits per heavy atom. The van der Waals surface area contributed by atoms with Gasteiger partial charge in [0.25, 0.3) is 6.43 Å². The van der Waals surface area contributed by atoms with Crippen LogP contribution in [0.5, 0.6) is 0 Å². The minimum absolute atomic E-state index is 0.0415. The summed E-state index contributed by atoms with van der Waals surface area (Å²) < 4.78 is 25.0. The molecule has 0 atom stereocenters. The number of hydrogen-bond donors (Lipinski definition) is 1. The largest absolute Gasteiger partial charge is 0.395 e. The summed E-state index contributed by atoms with van der Waals surface area (Å²) in [6.07, 6.45) is -0.691. The minimum Gasteiger partial charge on any atom is -0.395 e. The van der Waals surface area contributed by atoms with Gasteiger partial charge >= 0.3 is 0 Å². The summed E-state index contributed by atoms with van der Waals surface area (Å²) in [5.41, 5.74) is 0.759. The summed E-state index contributed by atoms with van der Waals surface area (Å²) in [5, 5.41) is 9.69. The van der Waals surface area contributed by atoms with Gasteiger partial charge in [-0.15, -0.1) is 0 Å². The number of rotatable bonds is 3. The molecule has 0 spiro atoms. The molecule has 1 N–H and O–H groups in total. The molecule has 0 radical (unpaired) electrons. The highest BCUT2D eigenvalue weighted by molar-refractivity contribution is 5.30. The maximum absolute atomic E-state index is 12.5.